The molecule has 0 radical (unpaired) electrons. The molecular formula is C103H70N2. The van der Waals surface area contributed by atoms with Gasteiger partial charge in [-0.25, -0.2) is 0 Å². The van der Waals surface area contributed by atoms with Gasteiger partial charge < -0.3 is 9.80 Å². The van der Waals surface area contributed by atoms with Crippen LogP contribution in [-0.4, -0.2) is 0 Å². The first kappa shape index (κ1) is 61.5. The van der Waals surface area contributed by atoms with Crippen molar-refractivity contribution in [3.05, 3.63) is 479 Å². The van der Waals surface area contributed by atoms with Crippen molar-refractivity contribution in [1.82, 2.24) is 0 Å². The van der Waals surface area contributed by atoms with Gasteiger partial charge in [0.05, 0.1) is 16.2 Å². The molecule has 0 aromatic heterocycles. The standard InChI is InChI=1S/C103H70N2/c1-3-69-41-49-77(50-42-69)101(75-29-13-7-14-30-75)93-37-21-17-33-85(93)89-61-57-81(65-97(89)101)104(79-53-45-73(46-54-79)71-25-9-5-10-26-71)83-59-63-91-87-35-19-23-39-95(87)103(99(91)67-83)96-40-24-20-36-88(96)92-64-60-84(68-100(92)103)105(80-55-47-74(48-56-80)72-27-11-6-12-28-72)82-58-62-90-86-34-18-22-38-94(86)102(98(90)66-82,76-31-15-8-16-32-76)78-51-43-70(4-2)44-52-78/h3-68H,1-2H2. The van der Waals surface area contributed by atoms with Crippen LogP contribution in [0.5, 0.6) is 0 Å². The second-order valence-corrected chi connectivity index (χ2v) is 28.2. The average Bonchev–Trinajstić information content (AvgIpc) is 2.14. The van der Waals surface area contributed by atoms with Gasteiger partial charge >= 0.3 is 0 Å². The van der Waals surface area contributed by atoms with Crippen LogP contribution in [0, 0.1) is 0 Å². The normalized spacial score (nSPS) is 16.4. The number of hydrogen-bond donors (Lipinski definition) is 0. The number of rotatable bonds is 14. The largest absolute Gasteiger partial charge is 0.310 e. The molecular weight excluding hydrogens is 1270 g/mol. The van der Waals surface area contributed by atoms with E-state index >= 15 is 0 Å². The van der Waals surface area contributed by atoms with E-state index in [1.54, 1.807) is 0 Å². The highest BCUT2D eigenvalue weighted by molar-refractivity contribution is 5.99. The minimum Gasteiger partial charge on any atom is -0.310 e. The van der Waals surface area contributed by atoms with Crippen molar-refractivity contribution in [2.45, 2.75) is 16.2 Å². The fourth-order valence-corrected chi connectivity index (χ4v) is 18.7. The summed E-state index contributed by atoms with van der Waals surface area (Å²) in [5, 5.41) is 0. The molecule has 16 aromatic rings. The van der Waals surface area contributed by atoms with E-state index in [-0.39, 0.29) is 0 Å². The topological polar surface area (TPSA) is 6.48 Å². The summed E-state index contributed by atoms with van der Waals surface area (Å²) in [7, 11) is 0. The summed E-state index contributed by atoms with van der Waals surface area (Å²) >= 11 is 0. The summed E-state index contributed by atoms with van der Waals surface area (Å²) in [6.07, 6.45) is 3.87. The van der Waals surface area contributed by atoms with Gasteiger partial charge in [-0.1, -0.05) is 341 Å². The molecule has 20 rings (SSSR count). The van der Waals surface area contributed by atoms with Gasteiger partial charge in [-0.3, -0.25) is 0 Å². The third-order valence-corrected chi connectivity index (χ3v) is 23.2. The van der Waals surface area contributed by atoms with Gasteiger partial charge in [0.1, 0.15) is 0 Å². The van der Waals surface area contributed by atoms with Crippen LogP contribution in [0.3, 0.4) is 0 Å². The maximum atomic E-state index is 4.17. The van der Waals surface area contributed by atoms with Crippen molar-refractivity contribution >= 4 is 46.3 Å². The summed E-state index contributed by atoms with van der Waals surface area (Å²) in [4.78, 5) is 5.03. The Hall–Kier alpha value is -13.4. The quantitative estimate of drug-likeness (QED) is 0.107. The van der Waals surface area contributed by atoms with E-state index in [9.17, 15) is 0 Å². The van der Waals surface area contributed by atoms with E-state index in [0.29, 0.717) is 0 Å². The van der Waals surface area contributed by atoms with Gasteiger partial charge in [-0.2, -0.15) is 0 Å². The van der Waals surface area contributed by atoms with Crippen LogP contribution in [0.4, 0.5) is 34.1 Å². The summed E-state index contributed by atoms with van der Waals surface area (Å²) in [6, 6.07) is 146. The number of fused-ring (bicyclic) bond motifs is 16. The highest BCUT2D eigenvalue weighted by Crippen LogP contribution is 2.66. The Bertz CT molecular complexity index is 5720. The third kappa shape index (κ3) is 9.16. The molecule has 0 bridgehead atoms. The summed E-state index contributed by atoms with van der Waals surface area (Å²) in [6.45, 7) is 8.34. The fourth-order valence-electron chi connectivity index (χ4n) is 18.7. The molecule has 4 aliphatic carbocycles. The van der Waals surface area contributed by atoms with Crippen LogP contribution in [0.15, 0.2) is 401 Å². The lowest BCUT2D eigenvalue weighted by Gasteiger charge is -2.35. The molecule has 2 heteroatoms. The van der Waals surface area contributed by atoms with Gasteiger partial charge in [-0.05, 0) is 217 Å². The minimum absolute atomic E-state index is 0.643. The third-order valence-electron chi connectivity index (χ3n) is 23.2. The molecule has 105 heavy (non-hydrogen) atoms. The molecule has 0 fully saturated rings. The Morgan fingerprint density at radius 2 is 0.410 bits per heavy atom. The molecule has 0 heterocycles. The van der Waals surface area contributed by atoms with Gasteiger partial charge in [0.25, 0.3) is 0 Å². The van der Waals surface area contributed by atoms with Crippen LogP contribution in [0.25, 0.3) is 78.9 Å². The molecule has 0 saturated carbocycles. The lowest BCUT2D eigenvalue weighted by molar-refractivity contribution is 0.768. The van der Waals surface area contributed by atoms with Crippen LogP contribution in [-0.2, 0) is 16.2 Å². The zero-order valence-electron chi connectivity index (χ0n) is 57.9. The minimum atomic E-state index is -0.741. The summed E-state index contributed by atoms with van der Waals surface area (Å²) < 4.78 is 0. The molecule has 0 aliphatic heterocycles. The molecule has 0 N–H and O–H groups in total. The van der Waals surface area contributed by atoms with E-state index < -0.39 is 16.2 Å². The van der Waals surface area contributed by atoms with E-state index in [1.807, 2.05) is 12.2 Å². The number of hydrogen-bond acceptors (Lipinski definition) is 2. The molecule has 0 amide bonds. The van der Waals surface area contributed by atoms with Crippen molar-refractivity contribution < 1.29 is 0 Å². The molecule has 2 atom stereocenters. The van der Waals surface area contributed by atoms with Crippen LogP contribution in [0.2, 0.25) is 0 Å². The number of anilines is 6. The predicted molar refractivity (Wildman–Crippen MR) is 438 cm³/mol. The Morgan fingerprint density at radius 3 is 0.714 bits per heavy atom. The van der Waals surface area contributed by atoms with E-state index in [4.69, 9.17) is 0 Å². The van der Waals surface area contributed by atoms with Gasteiger partial charge in [0, 0.05) is 34.1 Å². The molecule has 16 aromatic carbocycles. The summed E-state index contributed by atoms with van der Waals surface area (Å²) in [5.74, 6) is 0. The van der Waals surface area contributed by atoms with Gasteiger partial charge in [0.15, 0.2) is 0 Å². The van der Waals surface area contributed by atoms with Gasteiger partial charge in [0.2, 0.25) is 0 Å². The maximum Gasteiger partial charge on any atom is 0.0727 e. The highest BCUT2D eigenvalue weighted by atomic mass is 15.1. The molecule has 2 nitrogen and oxygen atoms in total. The Labute approximate surface area is 614 Å². The second-order valence-electron chi connectivity index (χ2n) is 28.2. The van der Waals surface area contributed by atoms with Crippen molar-refractivity contribution in [2.75, 3.05) is 9.80 Å². The van der Waals surface area contributed by atoms with Crippen LogP contribution >= 0.6 is 0 Å². The molecule has 492 valence electrons. The number of nitrogens with zero attached hydrogens (tertiary/aromatic N) is 2. The van der Waals surface area contributed by atoms with E-state index in [2.05, 4.69) is 411 Å². The monoisotopic (exact) mass is 1330 g/mol. The van der Waals surface area contributed by atoms with Crippen LogP contribution < -0.4 is 9.80 Å². The maximum absolute atomic E-state index is 4.17. The van der Waals surface area contributed by atoms with Crippen molar-refractivity contribution in [3.63, 3.8) is 0 Å². The van der Waals surface area contributed by atoms with Crippen molar-refractivity contribution in [3.8, 4) is 66.8 Å². The van der Waals surface area contributed by atoms with Crippen molar-refractivity contribution in [1.29, 1.82) is 0 Å². The average molecular weight is 1340 g/mol. The van der Waals surface area contributed by atoms with E-state index in [0.717, 1.165) is 56.4 Å². The van der Waals surface area contributed by atoms with E-state index in [1.165, 1.54) is 122 Å². The predicted octanol–water partition coefficient (Wildman–Crippen LogP) is 26.3. The summed E-state index contributed by atoms with van der Waals surface area (Å²) in [5.41, 5.74) is 35.9. The lowest BCUT2D eigenvalue weighted by Crippen LogP contribution is -2.29. The first-order valence-corrected chi connectivity index (χ1v) is 36.4. The lowest BCUT2D eigenvalue weighted by atomic mass is 9.67. The molecule has 4 aliphatic rings. The Morgan fingerprint density at radius 1 is 0.181 bits per heavy atom. The number of benzene rings is 16. The first-order chi connectivity index (χ1) is 52.0. The Balaban J connectivity index is 0.812. The zero-order chi connectivity index (χ0) is 69.8. The van der Waals surface area contributed by atoms with Crippen LogP contribution in [0.1, 0.15) is 77.9 Å². The van der Waals surface area contributed by atoms with Gasteiger partial charge in [-0.15, -0.1) is 0 Å². The molecule has 1 spiro atoms. The first-order valence-electron chi connectivity index (χ1n) is 36.4. The SMILES string of the molecule is C=Cc1ccc(C2(c3ccccc3)c3ccccc3-c3ccc(N(c4ccc(-c5ccccc5)cc4)c4ccc5c(c4)C4(c6ccccc6-5)c5ccccc5-c5ccc(N(c6ccc(-c7ccccc7)cc6)c6ccc7c(c6)C(c6ccccc6)(c6ccc(C=C)cc6)c6ccccc6-7)cc54)cc32)cc1. The fraction of sp³-hybridized carbons (Fsp3) is 0.0291. The highest BCUT2D eigenvalue weighted by Gasteiger charge is 2.53. The van der Waals surface area contributed by atoms with Crippen molar-refractivity contribution in [2.24, 2.45) is 0 Å². The second kappa shape index (κ2) is 24.4. The zero-order valence-corrected chi connectivity index (χ0v) is 57.9. The molecule has 2 unspecified atom stereocenters. The Kier molecular flexibility index (Phi) is 14.3. The smallest absolute Gasteiger partial charge is 0.0727 e. The molecule has 0 saturated heterocycles.